The van der Waals surface area contributed by atoms with Crippen LogP contribution < -0.4 is 11.1 Å². The highest BCUT2D eigenvalue weighted by Crippen LogP contribution is 2.16. The third-order valence-electron chi connectivity index (χ3n) is 3.99. The lowest BCUT2D eigenvalue weighted by Crippen LogP contribution is -2.50. The minimum atomic E-state index is -0.0511. The maximum absolute atomic E-state index is 12.2. The predicted octanol–water partition coefficient (Wildman–Crippen LogP) is 1.12. The summed E-state index contributed by atoms with van der Waals surface area (Å²) in [6.45, 7) is 9.26. The molecule has 1 rings (SSSR count). The number of nitrogens with zero attached hydrogens (tertiary/aromatic N) is 1. The lowest BCUT2D eigenvalue weighted by molar-refractivity contribution is -0.127. The monoisotopic (exact) mass is 285 g/mol. The Balaban J connectivity index is 2.30. The maximum atomic E-state index is 12.2. The van der Waals surface area contributed by atoms with Gasteiger partial charge in [-0.05, 0) is 33.1 Å². The Kier molecular flexibility index (Phi) is 8.11. The van der Waals surface area contributed by atoms with Crippen LogP contribution in [0.5, 0.6) is 0 Å². The highest BCUT2D eigenvalue weighted by Gasteiger charge is 2.27. The van der Waals surface area contributed by atoms with E-state index in [1.807, 2.05) is 6.92 Å². The number of nitrogens with two attached hydrogens (primary N) is 1. The van der Waals surface area contributed by atoms with Gasteiger partial charge < -0.3 is 15.8 Å². The van der Waals surface area contributed by atoms with E-state index < -0.39 is 0 Å². The average Bonchev–Trinajstić information content (AvgIpc) is 2.45. The summed E-state index contributed by atoms with van der Waals surface area (Å²) < 4.78 is 5.66. The van der Waals surface area contributed by atoms with E-state index in [-0.39, 0.29) is 18.0 Å². The van der Waals surface area contributed by atoms with Crippen molar-refractivity contribution in [3.05, 3.63) is 0 Å². The zero-order chi connectivity index (χ0) is 15.0. The summed E-state index contributed by atoms with van der Waals surface area (Å²) in [5.41, 5.74) is 5.44. The molecular weight excluding hydrogens is 254 g/mol. The van der Waals surface area contributed by atoms with E-state index in [0.717, 1.165) is 38.8 Å². The molecular formula is C15H31N3O2. The largest absolute Gasteiger partial charge is 0.377 e. The quantitative estimate of drug-likeness (QED) is 0.701. The van der Waals surface area contributed by atoms with Gasteiger partial charge in [-0.3, -0.25) is 9.69 Å². The van der Waals surface area contributed by atoms with E-state index in [0.29, 0.717) is 19.3 Å². The van der Waals surface area contributed by atoms with Crippen molar-refractivity contribution < 1.29 is 9.53 Å². The number of likely N-dealkylation sites (tertiary alicyclic amines) is 1. The molecule has 0 saturated carbocycles. The summed E-state index contributed by atoms with van der Waals surface area (Å²) >= 11 is 0. The second kappa shape index (κ2) is 9.32. The number of ether oxygens (including phenoxy) is 1. The summed E-state index contributed by atoms with van der Waals surface area (Å²) in [4.78, 5) is 14.4. The Morgan fingerprint density at radius 1 is 1.40 bits per heavy atom. The molecule has 118 valence electrons. The van der Waals surface area contributed by atoms with Crippen LogP contribution in [0.25, 0.3) is 0 Å². The van der Waals surface area contributed by atoms with Crippen LogP contribution in [0.1, 0.15) is 46.5 Å². The first-order valence-corrected chi connectivity index (χ1v) is 7.94. The molecule has 1 saturated heterocycles. The number of carbonyl (C=O) groups is 1. The summed E-state index contributed by atoms with van der Waals surface area (Å²) in [6.07, 6.45) is 4.42. The fourth-order valence-corrected chi connectivity index (χ4v) is 2.70. The molecule has 2 unspecified atom stereocenters. The van der Waals surface area contributed by atoms with Crippen molar-refractivity contribution in [3.63, 3.8) is 0 Å². The number of carbonyl (C=O) groups excluding carboxylic acids is 1. The lowest BCUT2D eigenvalue weighted by atomic mass is 10.1. The molecule has 1 aliphatic heterocycles. The van der Waals surface area contributed by atoms with Gasteiger partial charge in [0.2, 0.25) is 5.91 Å². The Bertz CT molecular complexity index is 278. The Morgan fingerprint density at radius 3 is 2.60 bits per heavy atom. The van der Waals surface area contributed by atoms with E-state index in [1.54, 1.807) is 0 Å². The minimum Gasteiger partial charge on any atom is -0.377 e. The van der Waals surface area contributed by atoms with Gasteiger partial charge in [-0.15, -0.1) is 0 Å². The third kappa shape index (κ3) is 5.77. The first-order chi connectivity index (χ1) is 9.58. The number of amides is 1. The van der Waals surface area contributed by atoms with E-state index in [4.69, 9.17) is 10.5 Å². The van der Waals surface area contributed by atoms with Crippen molar-refractivity contribution in [2.45, 2.75) is 64.6 Å². The smallest absolute Gasteiger partial charge is 0.237 e. The zero-order valence-corrected chi connectivity index (χ0v) is 13.2. The van der Waals surface area contributed by atoms with Gasteiger partial charge in [0.1, 0.15) is 0 Å². The predicted molar refractivity (Wildman–Crippen MR) is 81.6 cm³/mol. The molecule has 1 aliphatic rings. The summed E-state index contributed by atoms with van der Waals surface area (Å²) in [6, 6.07) is 0.213. The summed E-state index contributed by atoms with van der Waals surface area (Å²) in [5, 5.41) is 3.09. The van der Waals surface area contributed by atoms with Crippen LogP contribution in [0.2, 0.25) is 0 Å². The normalized spacial score (nSPS) is 20.6. The summed E-state index contributed by atoms with van der Waals surface area (Å²) in [5.74, 6) is 0.146. The van der Waals surface area contributed by atoms with Crippen molar-refractivity contribution in [2.75, 3.05) is 26.2 Å². The van der Waals surface area contributed by atoms with Gasteiger partial charge in [-0.1, -0.05) is 13.3 Å². The first kappa shape index (κ1) is 17.4. The van der Waals surface area contributed by atoms with E-state index in [9.17, 15) is 4.79 Å². The van der Waals surface area contributed by atoms with Gasteiger partial charge in [0, 0.05) is 25.7 Å². The number of piperidine rings is 1. The zero-order valence-electron chi connectivity index (χ0n) is 13.2. The number of nitrogens with one attached hydrogen (secondary N) is 1. The highest BCUT2D eigenvalue weighted by molar-refractivity contribution is 5.81. The number of hydrogen-bond acceptors (Lipinski definition) is 4. The van der Waals surface area contributed by atoms with Crippen molar-refractivity contribution in [1.29, 1.82) is 0 Å². The minimum absolute atomic E-state index is 0.0511. The van der Waals surface area contributed by atoms with Crippen LogP contribution in [0.15, 0.2) is 0 Å². The Morgan fingerprint density at radius 2 is 2.05 bits per heavy atom. The number of rotatable bonds is 8. The molecule has 1 fully saturated rings. The van der Waals surface area contributed by atoms with Crippen LogP contribution in [0, 0.1) is 0 Å². The molecule has 3 N–H and O–H groups in total. The van der Waals surface area contributed by atoms with E-state index in [1.165, 1.54) is 0 Å². The van der Waals surface area contributed by atoms with Crippen LogP contribution >= 0.6 is 0 Å². The standard InChI is InChI=1S/C15H31N3O2/c1-4-5-12(2)17-15(19)13(3)18-9-6-14(7-10-18)20-11-8-16/h12-14H,4-11,16H2,1-3H3,(H,17,19). The molecule has 0 spiro atoms. The fraction of sp³-hybridized carbons (Fsp3) is 0.933. The molecule has 0 aromatic rings. The number of hydrogen-bond donors (Lipinski definition) is 2. The van der Waals surface area contributed by atoms with E-state index in [2.05, 4.69) is 24.1 Å². The molecule has 1 amide bonds. The third-order valence-corrected chi connectivity index (χ3v) is 3.99. The second-order valence-electron chi connectivity index (χ2n) is 5.77. The summed E-state index contributed by atoms with van der Waals surface area (Å²) in [7, 11) is 0. The molecule has 20 heavy (non-hydrogen) atoms. The van der Waals surface area contributed by atoms with Gasteiger partial charge in [0.25, 0.3) is 0 Å². The SMILES string of the molecule is CCCC(C)NC(=O)C(C)N1CCC(OCCN)CC1. The van der Waals surface area contributed by atoms with Crippen molar-refractivity contribution in [2.24, 2.45) is 5.73 Å². The lowest BCUT2D eigenvalue weighted by Gasteiger charge is -2.35. The van der Waals surface area contributed by atoms with E-state index >= 15 is 0 Å². The van der Waals surface area contributed by atoms with Gasteiger partial charge in [0.15, 0.2) is 0 Å². The Labute approximate surface area is 123 Å². The average molecular weight is 285 g/mol. The van der Waals surface area contributed by atoms with Crippen LogP contribution in [0.3, 0.4) is 0 Å². The van der Waals surface area contributed by atoms with Gasteiger partial charge in [-0.2, -0.15) is 0 Å². The Hall–Kier alpha value is -0.650. The second-order valence-corrected chi connectivity index (χ2v) is 5.77. The van der Waals surface area contributed by atoms with Crippen molar-refractivity contribution in [3.8, 4) is 0 Å². The molecule has 2 atom stereocenters. The molecule has 0 aliphatic carbocycles. The van der Waals surface area contributed by atoms with Gasteiger partial charge in [0.05, 0.1) is 18.8 Å². The molecule has 0 aromatic carbocycles. The van der Waals surface area contributed by atoms with Crippen molar-refractivity contribution >= 4 is 5.91 Å². The fourth-order valence-electron chi connectivity index (χ4n) is 2.70. The van der Waals surface area contributed by atoms with Crippen LogP contribution in [-0.4, -0.2) is 55.2 Å². The highest BCUT2D eigenvalue weighted by atomic mass is 16.5. The van der Waals surface area contributed by atoms with Crippen LogP contribution in [0.4, 0.5) is 0 Å². The molecule has 5 nitrogen and oxygen atoms in total. The molecule has 0 radical (unpaired) electrons. The van der Waals surface area contributed by atoms with Gasteiger partial charge >= 0.3 is 0 Å². The topological polar surface area (TPSA) is 67.6 Å². The molecule has 1 heterocycles. The van der Waals surface area contributed by atoms with Crippen LogP contribution in [-0.2, 0) is 9.53 Å². The molecule has 0 aromatic heterocycles. The molecule has 0 bridgehead atoms. The first-order valence-electron chi connectivity index (χ1n) is 7.94. The molecule has 5 heteroatoms. The van der Waals surface area contributed by atoms with Crippen molar-refractivity contribution in [1.82, 2.24) is 10.2 Å². The maximum Gasteiger partial charge on any atom is 0.237 e. The van der Waals surface area contributed by atoms with Gasteiger partial charge in [-0.25, -0.2) is 0 Å².